The number of nitrogens with one attached hydrogen (secondary N) is 1. The molecule has 1 saturated heterocycles. The van der Waals surface area contributed by atoms with Crippen LogP contribution in [0, 0.1) is 0 Å². The van der Waals surface area contributed by atoms with Gasteiger partial charge in [-0.1, -0.05) is 36.2 Å². The highest BCUT2D eigenvalue weighted by atomic mass is 35.5. The third-order valence-electron chi connectivity index (χ3n) is 3.21. The van der Waals surface area contributed by atoms with Crippen LogP contribution in [0.25, 0.3) is 0 Å². The number of rotatable bonds is 1. The quantitative estimate of drug-likeness (QED) is 0.795. The molecule has 0 aliphatic carbocycles. The Balaban J connectivity index is 2.31. The zero-order chi connectivity index (χ0) is 10.9. The SMILES string of the molecule is C[C@]1(c2ccc(Cl)c(Cl)c2)CCCNC1. The molecule has 1 fully saturated rings. The molecule has 1 aliphatic heterocycles. The minimum atomic E-state index is 0.201. The summed E-state index contributed by atoms with van der Waals surface area (Å²) in [4.78, 5) is 0. The highest BCUT2D eigenvalue weighted by Gasteiger charge is 2.28. The maximum atomic E-state index is 6.04. The Morgan fingerprint density at radius 3 is 2.67 bits per heavy atom. The molecule has 1 aliphatic rings. The summed E-state index contributed by atoms with van der Waals surface area (Å²) < 4.78 is 0. The molecule has 0 saturated carbocycles. The molecule has 1 N–H and O–H groups in total. The topological polar surface area (TPSA) is 12.0 Å². The van der Waals surface area contributed by atoms with Gasteiger partial charge in [-0.15, -0.1) is 0 Å². The second kappa shape index (κ2) is 4.32. The molecule has 0 spiro atoms. The van der Waals surface area contributed by atoms with Crippen LogP contribution >= 0.6 is 23.2 Å². The molecule has 1 nitrogen and oxygen atoms in total. The largest absolute Gasteiger partial charge is 0.316 e. The van der Waals surface area contributed by atoms with E-state index in [9.17, 15) is 0 Å². The van der Waals surface area contributed by atoms with Crippen molar-refractivity contribution >= 4 is 23.2 Å². The number of benzene rings is 1. The summed E-state index contributed by atoms with van der Waals surface area (Å²) in [6.07, 6.45) is 2.43. The second-order valence-electron chi connectivity index (χ2n) is 4.47. The normalized spacial score (nSPS) is 26.6. The van der Waals surface area contributed by atoms with E-state index in [0.717, 1.165) is 13.1 Å². The van der Waals surface area contributed by atoms with Gasteiger partial charge in [0.2, 0.25) is 0 Å². The Morgan fingerprint density at radius 2 is 2.07 bits per heavy atom. The number of piperidine rings is 1. The molecule has 0 radical (unpaired) electrons. The van der Waals surface area contributed by atoms with Gasteiger partial charge in [-0.05, 0) is 37.1 Å². The Kier molecular flexibility index (Phi) is 3.24. The first kappa shape index (κ1) is 11.3. The second-order valence-corrected chi connectivity index (χ2v) is 5.28. The van der Waals surface area contributed by atoms with Gasteiger partial charge < -0.3 is 5.32 Å². The van der Waals surface area contributed by atoms with Gasteiger partial charge in [0, 0.05) is 12.0 Å². The highest BCUT2D eigenvalue weighted by Crippen LogP contribution is 2.34. The first-order valence-electron chi connectivity index (χ1n) is 5.28. The monoisotopic (exact) mass is 243 g/mol. The van der Waals surface area contributed by atoms with Gasteiger partial charge in [0.05, 0.1) is 10.0 Å². The molecule has 0 aromatic heterocycles. The lowest BCUT2D eigenvalue weighted by molar-refractivity contribution is 0.339. The molecule has 0 unspecified atom stereocenters. The van der Waals surface area contributed by atoms with E-state index in [2.05, 4.69) is 18.3 Å². The van der Waals surface area contributed by atoms with Gasteiger partial charge in [0.25, 0.3) is 0 Å². The van der Waals surface area contributed by atoms with E-state index in [0.29, 0.717) is 10.0 Å². The summed E-state index contributed by atoms with van der Waals surface area (Å²) in [5.74, 6) is 0. The molecule has 1 heterocycles. The molecule has 3 heteroatoms. The Bertz CT molecular complexity index is 357. The van der Waals surface area contributed by atoms with E-state index in [-0.39, 0.29) is 5.41 Å². The Hall–Kier alpha value is -0.240. The fourth-order valence-electron chi connectivity index (χ4n) is 2.17. The molecule has 1 aromatic rings. The Morgan fingerprint density at radius 1 is 1.27 bits per heavy atom. The molecule has 0 amide bonds. The minimum absolute atomic E-state index is 0.201. The van der Waals surface area contributed by atoms with E-state index in [4.69, 9.17) is 23.2 Å². The van der Waals surface area contributed by atoms with E-state index in [1.165, 1.54) is 18.4 Å². The summed E-state index contributed by atoms with van der Waals surface area (Å²) in [6.45, 7) is 4.42. The zero-order valence-electron chi connectivity index (χ0n) is 8.82. The highest BCUT2D eigenvalue weighted by molar-refractivity contribution is 6.42. The van der Waals surface area contributed by atoms with Crippen LogP contribution in [-0.2, 0) is 5.41 Å². The average Bonchev–Trinajstić information content (AvgIpc) is 2.23. The third-order valence-corrected chi connectivity index (χ3v) is 3.95. The van der Waals surface area contributed by atoms with Crippen molar-refractivity contribution in [1.82, 2.24) is 5.32 Å². The molecule has 0 bridgehead atoms. The maximum absolute atomic E-state index is 6.04. The van der Waals surface area contributed by atoms with E-state index >= 15 is 0 Å². The zero-order valence-corrected chi connectivity index (χ0v) is 10.3. The van der Waals surface area contributed by atoms with Gasteiger partial charge in [-0.3, -0.25) is 0 Å². The van der Waals surface area contributed by atoms with Crippen LogP contribution in [0.3, 0.4) is 0 Å². The van der Waals surface area contributed by atoms with Crippen LogP contribution in [0.5, 0.6) is 0 Å². The molecule has 82 valence electrons. The van der Waals surface area contributed by atoms with Gasteiger partial charge in [-0.25, -0.2) is 0 Å². The first-order chi connectivity index (χ1) is 7.12. The standard InChI is InChI=1S/C12H15Cl2N/c1-12(5-2-6-15-8-12)9-3-4-10(13)11(14)7-9/h3-4,7,15H,2,5-6,8H2,1H3/t12-/m0/s1. The number of hydrogen-bond donors (Lipinski definition) is 1. The number of halogens is 2. The van der Waals surface area contributed by atoms with Crippen LogP contribution in [-0.4, -0.2) is 13.1 Å². The van der Waals surface area contributed by atoms with E-state index in [1.807, 2.05) is 12.1 Å². The lowest BCUT2D eigenvalue weighted by Crippen LogP contribution is -2.41. The molecule has 1 atom stereocenters. The smallest absolute Gasteiger partial charge is 0.0595 e. The molecular formula is C12H15Cl2N. The van der Waals surface area contributed by atoms with Gasteiger partial charge in [0.1, 0.15) is 0 Å². The van der Waals surface area contributed by atoms with Crippen LogP contribution < -0.4 is 5.32 Å². The van der Waals surface area contributed by atoms with E-state index < -0.39 is 0 Å². The summed E-state index contributed by atoms with van der Waals surface area (Å²) in [5.41, 5.74) is 1.48. The van der Waals surface area contributed by atoms with Gasteiger partial charge >= 0.3 is 0 Å². The summed E-state index contributed by atoms with van der Waals surface area (Å²) in [6, 6.07) is 5.97. The van der Waals surface area contributed by atoms with Gasteiger partial charge in [-0.2, -0.15) is 0 Å². The molecule has 1 aromatic carbocycles. The first-order valence-corrected chi connectivity index (χ1v) is 6.04. The average molecular weight is 244 g/mol. The van der Waals surface area contributed by atoms with Crippen molar-refractivity contribution in [3.8, 4) is 0 Å². The lowest BCUT2D eigenvalue weighted by Gasteiger charge is -2.34. The van der Waals surface area contributed by atoms with Crippen molar-refractivity contribution < 1.29 is 0 Å². The summed E-state index contributed by atoms with van der Waals surface area (Å²) in [5, 5.41) is 4.72. The molecular weight excluding hydrogens is 229 g/mol. The fraction of sp³-hybridized carbons (Fsp3) is 0.500. The minimum Gasteiger partial charge on any atom is -0.316 e. The third kappa shape index (κ3) is 2.30. The van der Waals surface area contributed by atoms with Crippen molar-refractivity contribution in [2.45, 2.75) is 25.2 Å². The molecule has 2 rings (SSSR count). The summed E-state index contributed by atoms with van der Waals surface area (Å²) in [7, 11) is 0. The van der Waals surface area contributed by atoms with Crippen molar-refractivity contribution in [2.24, 2.45) is 0 Å². The summed E-state index contributed by atoms with van der Waals surface area (Å²) >= 11 is 12.0. The predicted molar refractivity (Wildman–Crippen MR) is 65.9 cm³/mol. The van der Waals surface area contributed by atoms with Gasteiger partial charge in [0.15, 0.2) is 0 Å². The maximum Gasteiger partial charge on any atom is 0.0595 e. The van der Waals surface area contributed by atoms with Crippen LogP contribution in [0.15, 0.2) is 18.2 Å². The number of hydrogen-bond acceptors (Lipinski definition) is 1. The Labute approximate surface area is 101 Å². The van der Waals surface area contributed by atoms with Crippen LogP contribution in [0.1, 0.15) is 25.3 Å². The van der Waals surface area contributed by atoms with E-state index in [1.54, 1.807) is 0 Å². The van der Waals surface area contributed by atoms with Crippen molar-refractivity contribution in [2.75, 3.05) is 13.1 Å². The lowest BCUT2D eigenvalue weighted by atomic mass is 9.77. The predicted octanol–water partition coefficient (Wildman–Crippen LogP) is 3.63. The van der Waals surface area contributed by atoms with Crippen LogP contribution in [0.4, 0.5) is 0 Å². The molecule has 15 heavy (non-hydrogen) atoms. The van der Waals surface area contributed by atoms with Crippen molar-refractivity contribution in [1.29, 1.82) is 0 Å². The van der Waals surface area contributed by atoms with Crippen molar-refractivity contribution in [3.63, 3.8) is 0 Å². The van der Waals surface area contributed by atoms with Crippen LogP contribution in [0.2, 0.25) is 10.0 Å². The van der Waals surface area contributed by atoms with Crippen molar-refractivity contribution in [3.05, 3.63) is 33.8 Å². The fourth-order valence-corrected chi connectivity index (χ4v) is 2.47.